The van der Waals surface area contributed by atoms with Crippen LogP contribution in [0.2, 0.25) is 0 Å². The predicted octanol–water partition coefficient (Wildman–Crippen LogP) is 4.46. The first-order valence-corrected chi connectivity index (χ1v) is 19.2. The molecule has 270 valence electrons. The highest BCUT2D eigenvalue weighted by molar-refractivity contribution is 8.00. The molecule has 2 aliphatic heterocycles. The third kappa shape index (κ3) is 4.81. The SMILES string of the molecule is COc1c2c3c4c(c(CCCCCN)c(=O)c5c6c(c(CO)c(c7c(CO)c8c(c(c1=O)c37)NC(C(=O)O)CS8)c54)SCC(C(=O)O)N6)CC(C)=C2. The number of carboxylic acid groups (broad SMARTS) is 2. The summed E-state index contributed by atoms with van der Waals surface area (Å²) in [6.07, 6.45) is 5.01. The van der Waals surface area contributed by atoms with E-state index in [0.717, 1.165) is 24.0 Å². The Bertz CT molecular complexity index is 2540. The second-order valence-electron chi connectivity index (χ2n) is 13.7. The van der Waals surface area contributed by atoms with Crippen LogP contribution in [0.5, 0.6) is 5.75 Å². The number of anilines is 2. The molecule has 5 aromatic rings. The van der Waals surface area contributed by atoms with E-state index < -0.39 is 42.7 Å². The average molecular weight is 744 g/mol. The van der Waals surface area contributed by atoms with Crippen molar-refractivity contribution in [2.45, 2.75) is 74.1 Å². The van der Waals surface area contributed by atoms with E-state index in [4.69, 9.17) is 10.5 Å². The van der Waals surface area contributed by atoms with Crippen LogP contribution < -0.4 is 32.0 Å². The zero-order chi connectivity index (χ0) is 36.7. The first kappa shape index (κ1) is 34.7. The molecule has 0 radical (unpaired) electrons. The van der Waals surface area contributed by atoms with Gasteiger partial charge in [-0.25, -0.2) is 9.59 Å². The third-order valence-electron chi connectivity index (χ3n) is 10.7. The lowest BCUT2D eigenvalue weighted by molar-refractivity contribution is -0.138. The lowest BCUT2D eigenvalue weighted by atomic mass is 9.79. The number of rotatable bonds is 10. The Kier molecular flexibility index (Phi) is 8.65. The van der Waals surface area contributed by atoms with Gasteiger partial charge in [0, 0.05) is 59.7 Å². The average Bonchev–Trinajstić information content (AvgIpc) is 3.28. The smallest absolute Gasteiger partial charge is 0.326 e. The molecule has 0 spiro atoms. The number of carboxylic acids is 2. The molecule has 0 fully saturated rings. The Morgan fingerprint density at radius 2 is 1.35 bits per heavy atom. The molecule has 3 aliphatic rings. The highest BCUT2D eigenvalue weighted by atomic mass is 32.2. The van der Waals surface area contributed by atoms with Crippen molar-refractivity contribution in [1.82, 2.24) is 0 Å². The molecule has 2 unspecified atom stereocenters. The maximum Gasteiger partial charge on any atom is 0.326 e. The van der Waals surface area contributed by atoms with Crippen molar-refractivity contribution in [1.29, 1.82) is 0 Å². The quantitative estimate of drug-likeness (QED) is 0.0599. The van der Waals surface area contributed by atoms with E-state index in [9.17, 15) is 34.8 Å². The summed E-state index contributed by atoms with van der Waals surface area (Å²) in [6, 6.07) is -2.00. The largest absolute Gasteiger partial charge is 0.492 e. The molecule has 1 aliphatic carbocycles. The second kappa shape index (κ2) is 13.0. The number of methoxy groups -OCH3 is 1. The Hall–Kier alpha value is -4.34. The summed E-state index contributed by atoms with van der Waals surface area (Å²) >= 11 is 2.47. The Balaban J connectivity index is 1.71. The van der Waals surface area contributed by atoms with Gasteiger partial charge in [-0.1, -0.05) is 18.1 Å². The van der Waals surface area contributed by atoms with Crippen LogP contribution in [0.15, 0.2) is 25.0 Å². The van der Waals surface area contributed by atoms with Gasteiger partial charge in [0.2, 0.25) is 5.43 Å². The fraction of sp³-hybridized carbons (Fsp3) is 0.368. The van der Waals surface area contributed by atoms with Crippen LogP contribution in [0.3, 0.4) is 0 Å². The van der Waals surface area contributed by atoms with Gasteiger partial charge in [0.15, 0.2) is 11.2 Å². The summed E-state index contributed by atoms with van der Waals surface area (Å²) in [5.74, 6) is -1.82. The van der Waals surface area contributed by atoms with Crippen LogP contribution in [0.25, 0.3) is 49.2 Å². The molecule has 0 saturated heterocycles. The highest BCUT2D eigenvalue weighted by Crippen LogP contribution is 2.56. The Morgan fingerprint density at radius 1 is 0.788 bits per heavy atom. The van der Waals surface area contributed by atoms with E-state index in [1.807, 2.05) is 13.0 Å². The first-order chi connectivity index (χ1) is 25.1. The fourth-order valence-electron chi connectivity index (χ4n) is 8.60. The van der Waals surface area contributed by atoms with Gasteiger partial charge in [-0.3, -0.25) is 9.59 Å². The third-order valence-corrected chi connectivity index (χ3v) is 13.2. The number of hydrogen-bond donors (Lipinski definition) is 7. The number of aliphatic hydroxyl groups is 2. The standard InChI is InChI=1S/C38H37N3O9S2/c1-14-8-16-15(6-4-3-5-7-39)32(44)28-26-22(16)23-17(9-14)34(50-2)33(45)29-27(23)25(19(11-43)36-31(29)41-21(13-52-36)38(48)49)24(26)18(10-42)35-30(28)40-20(12-51-35)37(46)47/h9,20-21,40-43H,3-8,10-13,39H2,1-2H3,(H,46,47)(H,48,49). The van der Waals surface area contributed by atoms with Crippen molar-refractivity contribution in [2.75, 3.05) is 35.8 Å². The maximum absolute atomic E-state index is 15.1. The Labute approximate surface area is 305 Å². The minimum absolute atomic E-state index is 0.0658. The van der Waals surface area contributed by atoms with E-state index in [1.165, 1.54) is 30.6 Å². The summed E-state index contributed by atoms with van der Waals surface area (Å²) < 4.78 is 5.89. The van der Waals surface area contributed by atoms with Gasteiger partial charge >= 0.3 is 11.9 Å². The molecule has 8 rings (SSSR count). The lowest BCUT2D eigenvalue weighted by Gasteiger charge is -2.32. The molecule has 0 bridgehead atoms. The van der Waals surface area contributed by atoms with E-state index >= 15 is 4.79 Å². The molecule has 12 nitrogen and oxygen atoms in total. The summed E-state index contributed by atoms with van der Waals surface area (Å²) in [7, 11) is 1.42. The van der Waals surface area contributed by atoms with Gasteiger partial charge in [0.05, 0.1) is 42.5 Å². The number of benzene rings is 5. The van der Waals surface area contributed by atoms with Gasteiger partial charge in [-0.15, -0.1) is 23.5 Å². The predicted molar refractivity (Wildman–Crippen MR) is 205 cm³/mol. The zero-order valence-corrected chi connectivity index (χ0v) is 30.2. The van der Waals surface area contributed by atoms with Crippen molar-refractivity contribution < 1.29 is 34.8 Å². The number of nitrogens with one attached hydrogen (secondary N) is 2. The topological polar surface area (TPSA) is 209 Å². The number of nitrogens with two attached hydrogens (primary N) is 1. The van der Waals surface area contributed by atoms with Gasteiger partial charge in [-0.05, 0) is 60.9 Å². The van der Waals surface area contributed by atoms with E-state index in [0.29, 0.717) is 107 Å². The van der Waals surface area contributed by atoms with Crippen LogP contribution in [0, 0.1) is 0 Å². The maximum atomic E-state index is 15.1. The number of aliphatic carboxylic acids is 2. The van der Waals surface area contributed by atoms with Crippen LogP contribution in [0.1, 0.15) is 54.0 Å². The van der Waals surface area contributed by atoms with Gasteiger partial charge < -0.3 is 41.5 Å². The molecule has 2 heterocycles. The lowest BCUT2D eigenvalue weighted by Crippen LogP contribution is -2.35. The first-order valence-electron chi connectivity index (χ1n) is 17.2. The number of allylic oxidation sites excluding steroid dienone is 1. The molecular weight excluding hydrogens is 707 g/mol. The van der Waals surface area contributed by atoms with Gasteiger partial charge in [0.25, 0.3) is 0 Å². The second-order valence-corrected chi connectivity index (χ2v) is 15.8. The molecule has 52 heavy (non-hydrogen) atoms. The number of ether oxygens (including phenoxy) is 1. The van der Waals surface area contributed by atoms with Crippen molar-refractivity contribution in [3.05, 3.63) is 53.8 Å². The van der Waals surface area contributed by atoms with Crippen LogP contribution in [0.4, 0.5) is 11.4 Å². The molecular formula is C38H37N3O9S2. The normalized spacial score (nSPS) is 18.0. The highest BCUT2D eigenvalue weighted by Gasteiger charge is 2.38. The van der Waals surface area contributed by atoms with E-state index in [1.54, 1.807) is 0 Å². The molecule has 0 aromatic heterocycles. The zero-order valence-electron chi connectivity index (χ0n) is 28.5. The number of fused-ring (bicyclic) bond motifs is 5. The monoisotopic (exact) mass is 743 g/mol. The summed E-state index contributed by atoms with van der Waals surface area (Å²) in [5.41, 5.74) is 9.45. The van der Waals surface area contributed by atoms with Gasteiger partial charge in [-0.2, -0.15) is 0 Å². The molecule has 8 N–H and O–H groups in total. The number of aliphatic hydroxyl groups excluding tert-OH is 2. The summed E-state index contributed by atoms with van der Waals surface area (Å²) in [5, 5.41) is 52.7. The number of carbonyl (C=O) groups is 2. The Morgan fingerprint density at radius 3 is 1.87 bits per heavy atom. The molecule has 5 aromatic carbocycles. The van der Waals surface area contributed by atoms with Crippen molar-refractivity contribution in [2.24, 2.45) is 5.73 Å². The molecule has 14 heteroatoms. The molecule has 0 saturated carbocycles. The number of thioether (sulfide) groups is 2. The number of unbranched alkanes of at least 4 members (excludes halogenated alkanes) is 2. The molecule has 0 amide bonds. The van der Waals surface area contributed by atoms with Gasteiger partial charge in [0.1, 0.15) is 12.1 Å². The van der Waals surface area contributed by atoms with Crippen LogP contribution >= 0.6 is 23.5 Å². The van der Waals surface area contributed by atoms with Crippen LogP contribution in [-0.2, 0) is 35.6 Å². The van der Waals surface area contributed by atoms with Crippen molar-refractivity contribution >= 4 is 96.0 Å². The van der Waals surface area contributed by atoms with Crippen molar-refractivity contribution in [3.8, 4) is 5.75 Å². The number of hydrogen-bond acceptors (Lipinski definition) is 12. The van der Waals surface area contributed by atoms with Crippen molar-refractivity contribution in [3.63, 3.8) is 0 Å². The summed E-state index contributed by atoms with van der Waals surface area (Å²) in [4.78, 5) is 55.5. The minimum atomic E-state index is -1.08. The summed E-state index contributed by atoms with van der Waals surface area (Å²) in [6.45, 7) is 1.50. The minimum Gasteiger partial charge on any atom is -0.492 e. The van der Waals surface area contributed by atoms with E-state index in [-0.39, 0.29) is 28.1 Å². The fourth-order valence-corrected chi connectivity index (χ4v) is 11.0. The van der Waals surface area contributed by atoms with Crippen LogP contribution in [-0.4, -0.2) is 69.6 Å². The van der Waals surface area contributed by atoms with E-state index in [2.05, 4.69) is 10.6 Å². The molecule has 2 atom stereocenters.